The van der Waals surface area contributed by atoms with Crippen LogP contribution in [0.5, 0.6) is 11.5 Å². The molecule has 3 aromatic rings. The molecule has 3 aromatic carbocycles. The Morgan fingerprint density at radius 1 is 1.24 bits per heavy atom. The fraction of sp³-hybridized carbons (Fsp3) is 0.0833. The number of hydrogen-bond acceptors (Lipinski definition) is 6. The number of carbonyl (C=O) groups is 1. The fourth-order valence-corrected chi connectivity index (χ4v) is 3.59. The molecule has 0 bridgehead atoms. The molecule has 0 aliphatic rings. The van der Waals surface area contributed by atoms with Gasteiger partial charge >= 0.3 is 0 Å². The van der Waals surface area contributed by atoms with E-state index in [4.69, 9.17) is 21.1 Å². The largest absolute Gasteiger partial charge is 0.493 e. The SMILES string of the molecule is COc1cc(/C=C(/C#N)C(=O)Nc2cccc(Br)c2)cc(Cl)c1OCc1ccc([N+](=O)[O-])cc1. The van der Waals surface area contributed by atoms with Gasteiger partial charge in [-0.25, -0.2) is 0 Å². The van der Waals surface area contributed by atoms with Crippen molar-refractivity contribution in [3.63, 3.8) is 0 Å². The van der Waals surface area contributed by atoms with Crippen LogP contribution < -0.4 is 14.8 Å². The molecule has 1 N–H and O–H groups in total. The van der Waals surface area contributed by atoms with Crippen LogP contribution in [0.15, 0.2) is 70.7 Å². The second-order valence-corrected chi connectivity index (χ2v) is 8.20. The molecular weight excluding hydrogens is 526 g/mol. The summed E-state index contributed by atoms with van der Waals surface area (Å²) in [6.45, 7) is 0.0990. The molecule has 0 saturated heterocycles. The Morgan fingerprint density at radius 3 is 2.59 bits per heavy atom. The number of nitrogens with one attached hydrogen (secondary N) is 1. The van der Waals surface area contributed by atoms with Crippen LogP contribution >= 0.6 is 27.5 Å². The lowest BCUT2D eigenvalue weighted by Crippen LogP contribution is -2.13. The highest BCUT2D eigenvalue weighted by Gasteiger charge is 2.15. The van der Waals surface area contributed by atoms with Gasteiger partial charge in [-0.05, 0) is 59.7 Å². The van der Waals surface area contributed by atoms with Crippen LogP contribution in [0, 0.1) is 21.4 Å². The van der Waals surface area contributed by atoms with E-state index in [1.54, 1.807) is 42.5 Å². The summed E-state index contributed by atoms with van der Waals surface area (Å²) in [5.74, 6) is -0.0173. The van der Waals surface area contributed by atoms with Crippen LogP contribution in [0.25, 0.3) is 6.08 Å². The summed E-state index contributed by atoms with van der Waals surface area (Å²) in [5, 5.41) is 23.1. The zero-order valence-corrected chi connectivity index (χ0v) is 20.1. The van der Waals surface area contributed by atoms with Crippen molar-refractivity contribution in [1.29, 1.82) is 5.26 Å². The summed E-state index contributed by atoms with van der Waals surface area (Å²) in [4.78, 5) is 22.8. The molecule has 0 aromatic heterocycles. The van der Waals surface area contributed by atoms with Crippen LogP contribution in [-0.4, -0.2) is 17.9 Å². The van der Waals surface area contributed by atoms with Crippen molar-refractivity contribution < 1.29 is 19.2 Å². The molecule has 0 heterocycles. The molecule has 34 heavy (non-hydrogen) atoms. The average molecular weight is 543 g/mol. The molecule has 1 amide bonds. The highest BCUT2D eigenvalue weighted by molar-refractivity contribution is 9.10. The zero-order valence-electron chi connectivity index (χ0n) is 17.7. The lowest BCUT2D eigenvalue weighted by Gasteiger charge is -2.13. The number of methoxy groups -OCH3 is 1. The Labute approximate surface area is 208 Å². The summed E-state index contributed by atoms with van der Waals surface area (Å²) in [6, 6.07) is 17.9. The molecule has 0 radical (unpaired) electrons. The van der Waals surface area contributed by atoms with Crippen molar-refractivity contribution in [3.8, 4) is 17.6 Å². The molecule has 172 valence electrons. The molecule has 0 atom stereocenters. The third kappa shape index (κ3) is 6.34. The number of benzene rings is 3. The van der Waals surface area contributed by atoms with Crippen molar-refractivity contribution in [2.45, 2.75) is 6.61 Å². The van der Waals surface area contributed by atoms with E-state index in [0.717, 1.165) is 4.47 Å². The number of carbonyl (C=O) groups excluding carboxylic acids is 1. The van der Waals surface area contributed by atoms with Gasteiger partial charge < -0.3 is 14.8 Å². The van der Waals surface area contributed by atoms with E-state index in [1.807, 2.05) is 12.1 Å². The predicted octanol–water partition coefficient (Wildman–Crippen LogP) is 6.14. The van der Waals surface area contributed by atoms with E-state index < -0.39 is 10.8 Å². The van der Waals surface area contributed by atoms with Gasteiger partial charge in [0.15, 0.2) is 11.5 Å². The summed E-state index contributed by atoms with van der Waals surface area (Å²) in [7, 11) is 1.43. The number of nitro benzene ring substituents is 1. The van der Waals surface area contributed by atoms with Crippen molar-refractivity contribution in [3.05, 3.63) is 97.0 Å². The molecule has 0 saturated carbocycles. The smallest absolute Gasteiger partial charge is 0.269 e. The molecule has 0 spiro atoms. The van der Waals surface area contributed by atoms with E-state index in [-0.39, 0.29) is 28.6 Å². The Kier molecular flexibility index (Phi) is 8.24. The first-order valence-corrected chi connectivity index (χ1v) is 10.9. The maximum atomic E-state index is 12.5. The molecule has 0 aliphatic heterocycles. The predicted molar refractivity (Wildman–Crippen MR) is 132 cm³/mol. The number of ether oxygens (including phenoxy) is 2. The minimum absolute atomic E-state index is 0.0206. The number of nitro groups is 1. The van der Waals surface area contributed by atoms with Crippen molar-refractivity contribution in [2.24, 2.45) is 0 Å². The Morgan fingerprint density at radius 2 is 1.97 bits per heavy atom. The third-order valence-corrected chi connectivity index (χ3v) is 5.31. The standard InChI is InChI=1S/C24H17BrClN3O5/c1-33-22-11-16(9-17(13-27)24(30)28-19-4-2-3-18(25)12-19)10-21(26)23(22)34-14-15-5-7-20(8-6-15)29(31)32/h2-12H,14H2,1H3,(H,28,30)/b17-9-. The van der Waals surface area contributed by atoms with Crippen LogP contribution in [-0.2, 0) is 11.4 Å². The minimum atomic E-state index is -0.575. The van der Waals surface area contributed by atoms with Crippen LogP contribution in [0.3, 0.4) is 0 Å². The number of non-ortho nitro benzene ring substituents is 1. The zero-order chi connectivity index (χ0) is 24.7. The first-order valence-electron chi connectivity index (χ1n) is 9.73. The fourth-order valence-electron chi connectivity index (χ4n) is 2.91. The van der Waals surface area contributed by atoms with Gasteiger partial charge in [0.1, 0.15) is 18.2 Å². The number of nitriles is 1. The van der Waals surface area contributed by atoms with Gasteiger partial charge in [-0.1, -0.05) is 33.6 Å². The van der Waals surface area contributed by atoms with Crippen LogP contribution in [0.2, 0.25) is 5.02 Å². The Balaban J connectivity index is 1.79. The van der Waals surface area contributed by atoms with Crippen molar-refractivity contribution in [1.82, 2.24) is 0 Å². The van der Waals surface area contributed by atoms with Crippen molar-refractivity contribution >= 4 is 50.9 Å². The number of anilines is 1. The first-order chi connectivity index (χ1) is 16.3. The van der Waals surface area contributed by atoms with Gasteiger partial charge in [-0.3, -0.25) is 14.9 Å². The number of halogens is 2. The van der Waals surface area contributed by atoms with E-state index >= 15 is 0 Å². The maximum Gasteiger partial charge on any atom is 0.269 e. The first kappa shape index (κ1) is 24.8. The molecule has 3 rings (SSSR count). The number of hydrogen-bond donors (Lipinski definition) is 1. The monoisotopic (exact) mass is 541 g/mol. The number of amides is 1. The summed E-state index contributed by atoms with van der Waals surface area (Å²) < 4.78 is 11.9. The quantitative estimate of drug-likeness (QED) is 0.158. The minimum Gasteiger partial charge on any atom is -0.493 e. The summed E-state index contributed by atoms with van der Waals surface area (Å²) in [6.07, 6.45) is 1.39. The number of rotatable bonds is 8. The summed E-state index contributed by atoms with van der Waals surface area (Å²) >= 11 is 9.72. The van der Waals surface area contributed by atoms with E-state index in [9.17, 15) is 20.2 Å². The van der Waals surface area contributed by atoms with Gasteiger partial charge in [0.2, 0.25) is 0 Å². The third-order valence-electron chi connectivity index (χ3n) is 4.54. The van der Waals surface area contributed by atoms with E-state index in [2.05, 4.69) is 21.2 Å². The molecule has 0 unspecified atom stereocenters. The molecular formula is C24H17BrClN3O5. The van der Waals surface area contributed by atoms with Gasteiger partial charge in [-0.2, -0.15) is 5.26 Å². The van der Waals surface area contributed by atoms with Crippen molar-refractivity contribution in [2.75, 3.05) is 12.4 Å². The van der Waals surface area contributed by atoms with E-state index in [0.29, 0.717) is 22.6 Å². The molecule has 10 heteroatoms. The Bertz CT molecular complexity index is 1300. The Hall–Kier alpha value is -3.87. The maximum absolute atomic E-state index is 12.5. The van der Waals surface area contributed by atoms with Gasteiger partial charge in [-0.15, -0.1) is 0 Å². The summed E-state index contributed by atoms with van der Waals surface area (Å²) in [5.41, 5.74) is 1.55. The van der Waals surface area contributed by atoms with Crippen LogP contribution in [0.1, 0.15) is 11.1 Å². The second kappa shape index (κ2) is 11.3. The molecule has 8 nitrogen and oxygen atoms in total. The number of nitrogens with zero attached hydrogens (tertiary/aromatic N) is 2. The van der Waals surface area contributed by atoms with Gasteiger partial charge in [0, 0.05) is 22.3 Å². The second-order valence-electron chi connectivity index (χ2n) is 6.88. The average Bonchev–Trinajstić information content (AvgIpc) is 2.81. The highest BCUT2D eigenvalue weighted by atomic mass is 79.9. The van der Waals surface area contributed by atoms with E-state index in [1.165, 1.54) is 25.3 Å². The normalized spacial score (nSPS) is 10.8. The molecule has 0 aliphatic carbocycles. The lowest BCUT2D eigenvalue weighted by atomic mass is 10.1. The topological polar surface area (TPSA) is 114 Å². The van der Waals surface area contributed by atoms with Gasteiger partial charge in [0.05, 0.1) is 17.1 Å². The molecule has 0 fully saturated rings. The van der Waals surface area contributed by atoms with Crippen LogP contribution in [0.4, 0.5) is 11.4 Å². The van der Waals surface area contributed by atoms with Gasteiger partial charge in [0.25, 0.3) is 11.6 Å². The highest BCUT2D eigenvalue weighted by Crippen LogP contribution is 2.37. The lowest BCUT2D eigenvalue weighted by molar-refractivity contribution is -0.384.